The summed E-state index contributed by atoms with van der Waals surface area (Å²) in [7, 11) is 1.40. The molecule has 2 rings (SSSR count). The summed E-state index contributed by atoms with van der Waals surface area (Å²) in [4.78, 5) is 10.9. The molecule has 0 aliphatic heterocycles. The smallest absolute Gasteiger partial charge is 0.335 e. The third-order valence-corrected chi connectivity index (χ3v) is 2.70. The first kappa shape index (κ1) is 12.9. The van der Waals surface area contributed by atoms with Crippen LogP contribution in [0.25, 0.3) is 11.1 Å². The first-order valence-corrected chi connectivity index (χ1v) is 5.43. The molecule has 0 aliphatic rings. The lowest BCUT2D eigenvalue weighted by atomic mass is 10.0. The highest BCUT2D eigenvalue weighted by atomic mass is 19.1. The van der Waals surface area contributed by atoms with E-state index in [1.807, 2.05) is 0 Å². The summed E-state index contributed by atoms with van der Waals surface area (Å²) in [6.07, 6.45) is 0. The van der Waals surface area contributed by atoms with Gasteiger partial charge >= 0.3 is 5.97 Å². The quantitative estimate of drug-likeness (QED) is 0.892. The standard InChI is InChI=1S/C14H11FO4/c1-19-13-5-3-8(7-12(13)16)10-6-9(14(17)18)2-4-11(10)15/h2-7,16H,1H3,(H,17,18). The van der Waals surface area contributed by atoms with E-state index in [-0.39, 0.29) is 22.6 Å². The molecule has 0 spiro atoms. The zero-order valence-corrected chi connectivity index (χ0v) is 10.1. The Kier molecular flexibility index (Phi) is 3.37. The van der Waals surface area contributed by atoms with Crippen LogP contribution in [0.3, 0.4) is 0 Å². The fraction of sp³-hybridized carbons (Fsp3) is 0.0714. The molecule has 0 radical (unpaired) electrons. The van der Waals surface area contributed by atoms with Crippen LogP contribution in [-0.4, -0.2) is 23.3 Å². The maximum atomic E-state index is 13.7. The van der Waals surface area contributed by atoms with Crippen LogP contribution in [0.5, 0.6) is 11.5 Å². The summed E-state index contributed by atoms with van der Waals surface area (Å²) >= 11 is 0. The van der Waals surface area contributed by atoms with E-state index in [1.165, 1.54) is 31.4 Å². The van der Waals surface area contributed by atoms with Crippen molar-refractivity contribution in [1.29, 1.82) is 0 Å². The monoisotopic (exact) mass is 262 g/mol. The molecule has 0 fully saturated rings. The number of benzene rings is 2. The van der Waals surface area contributed by atoms with E-state index in [9.17, 15) is 14.3 Å². The number of carbonyl (C=O) groups is 1. The lowest BCUT2D eigenvalue weighted by molar-refractivity contribution is 0.0697. The van der Waals surface area contributed by atoms with Crippen LogP contribution in [0.2, 0.25) is 0 Å². The molecule has 0 atom stereocenters. The zero-order chi connectivity index (χ0) is 14.0. The lowest BCUT2D eigenvalue weighted by Gasteiger charge is -2.08. The largest absolute Gasteiger partial charge is 0.504 e. The summed E-state index contributed by atoms with van der Waals surface area (Å²) in [5, 5.41) is 18.6. The van der Waals surface area contributed by atoms with Crippen molar-refractivity contribution in [3.05, 3.63) is 47.8 Å². The van der Waals surface area contributed by atoms with Gasteiger partial charge in [0.25, 0.3) is 0 Å². The Balaban J connectivity index is 2.54. The third-order valence-electron chi connectivity index (χ3n) is 2.70. The minimum Gasteiger partial charge on any atom is -0.504 e. The van der Waals surface area contributed by atoms with Gasteiger partial charge in [-0.3, -0.25) is 0 Å². The van der Waals surface area contributed by atoms with Crippen molar-refractivity contribution in [1.82, 2.24) is 0 Å². The van der Waals surface area contributed by atoms with E-state index in [2.05, 4.69) is 0 Å². The van der Waals surface area contributed by atoms with Gasteiger partial charge in [0.1, 0.15) is 5.82 Å². The van der Waals surface area contributed by atoms with Crippen molar-refractivity contribution in [3.8, 4) is 22.6 Å². The second-order valence-electron chi connectivity index (χ2n) is 3.89. The second kappa shape index (κ2) is 4.97. The lowest BCUT2D eigenvalue weighted by Crippen LogP contribution is -1.97. The Labute approximate surface area is 108 Å². The van der Waals surface area contributed by atoms with Gasteiger partial charge in [0.2, 0.25) is 0 Å². The summed E-state index contributed by atoms with van der Waals surface area (Å²) in [6.45, 7) is 0. The van der Waals surface area contributed by atoms with E-state index in [0.717, 1.165) is 6.07 Å². The van der Waals surface area contributed by atoms with E-state index in [4.69, 9.17) is 9.84 Å². The van der Waals surface area contributed by atoms with Crippen molar-refractivity contribution in [2.24, 2.45) is 0 Å². The van der Waals surface area contributed by atoms with Crippen molar-refractivity contribution < 1.29 is 24.1 Å². The highest BCUT2D eigenvalue weighted by Gasteiger charge is 2.12. The molecule has 0 saturated carbocycles. The van der Waals surface area contributed by atoms with Crippen molar-refractivity contribution in [2.75, 3.05) is 7.11 Å². The minimum atomic E-state index is -1.14. The Morgan fingerprint density at radius 1 is 1.21 bits per heavy atom. The molecule has 0 amide bonds. The maximum Gasteiger partial charge on any atom is 0.335 e. The van der Waals surface area contributed by atoms with Crippen molar-refractivity contribution in [3.63, 3.8) is 0 Å². The average molecular weight is 262 g/mol. The van der Waals surface area contributed by atoms with Gasteiger partial charge < -0.3 is 14.9 Å². The molecule has 0 aliphatic carbocycles. The molecular weight excluding hydrogens is 251 g/mol. The first-order chi connectivity index (χ1) is 9.02. The van der Waals surface area contributed by atoms with Crippen LogP contribution in [-0.2, 0) is 0 Å². The van der Waals surface area contributed by atoms with Crippen LogP contribution >= 0.6 is 0 Å². The Hall–Kier alpha value is -2.56. The number of phenolic OH excluding ortho intramolecular Hbond substituents is 1. The van der Waals surface area contributed by atoms with Gasteiger partial charge in [-0.2, -0.15) is 0 Å². The maximum absolute atomic E-state index is 13.7. The van der Waals surface area contributed by atoms with E-state index >= 15 is 0 Å². The molecule has 5 heteroatoms. The SMILES string of the molecule is COc1ccc(-c2cc(C(=O)O)ccc2F)cc1O. The van der Waals surface area contributed by atoms with Crippen LogP contribution in [0, 0.1) is 5.82 Å². The van der Waals surface area contributed by atoms with Gasteiger partial charge in [-0.1, -0.05) is 6.07 Å². The number of ether oxygens (including phenoxy) is 1. The summed E-state index contributed by atoms with van der Waals surface area (Å²) in [5.41, 5.74) is 0.462. The number of carboxylic acid groups (broad SMARTS) is 1. The van der Waals surface area contributed by atoms with Gasteiger partial charge in [0.05, 0.1) is 12.7 Å². The average Bonchev–Trinajstić information content (AvgIpc) is 2.38. The number of rotatable bonds is 3. The normalized spacial score (nSPS) is 10.2. The number of methoxy groups -OCH3 is 1. The van der Waals surface area contributed by atoms with Crippen LogP contribution in [0.4, 0.5) is 4.39 Å². The summed E-state index contributed by atoms with van der Waals surface area (Å²) in [5.74, 6) is -1.58. The van der Waals surface area contributed by atoms with Crippen molar-refractivity contribution in [2.45, 2.75) is 0 Å². The molecule has 0 unspecified atom stereocenters. The molecule has 0 bridgehead atoms. The van der Waals surface area contributed by atoms with Crippen LogP contribution in [0.1, 0.15) is 10.4 Å². The van der Waals surface area contributed by atoms with Gasteiger partial charge in [-0.15, -0.1) is 0 Å². The Morgan fingerprint density at radius 2 is 1.95 bits per heavy atom. The summed E-state index contributed by atoms with van der Waals surface area (Å²) < 4.78 is 18.6. The topological polar surface area (TPSA) is 66.8 Å². The Morgan fingerprint density at radius 3 is 2.53 bits per heavy atom. The molecule has 98 valence electrons. The van der Waals surface area contributed by atoms with Gasteiger partial charge in [-0.05, 0) is 35.9 Å². The van der Waals surface area contributed by atoms with E-state index in [1.54, 1.807) is 6.07 Å². The number of halogens is 1. The van der Waals surface area contributed by atoms with Gasteiger partial charge in [0.15, 0.2) is 11.5 Å². The molecule has 4 nitrogen and oxygen atoms in total. The molecule has 2 aromatic rings. The fourth-order valence-corrected chi connectivity index (χ4v) is 1.74. The molecular formula is C14H11FO4. The number of hydrogen-bond donors (Lipinski definition) is 2. The number of phenols is 1. The molecule has 0 heterocycles. The molecule has 2 N–H and O–H groups in total. The third kappa shape index (κ3) is 2.49. The first-order valence-electron chi connectivity index (χ1n) is 5.43. The Bertz CT molecular complexity index is 637. The predicted molar refractivity (Wildman–Crippen MR) is 67.0 cm³/mol. The number of carboxylic acids is 1. The predicted octanol–water partition coefficient (Wildman–Crippen LogP) is 2.91. The molecule has 19 heavy (non-hydrogen) atoms. The second-order valence-corrected chi connectivity index (χ2v) is 3.89. The van der Waals surface area contributed by atoms with Crippen molar-refractivity contribution >= 4 is 5.97 Å². The van der Waals surface area contributed by atoms with Crippen LogP contribution in [0.15, 0.2) is 36.4 Å². The van der Waals surface area contributed by atoms with Gasteiger partial charge in [0, 0.05) is 5.56 Å². The molecule has 2 aromatic carbocycles. The molecule has 0 aromatic heterocycles. The number of aromatic carboxylic acids is 1. The van der Waals surface area contributed by atoms with E-state index in [0.29, 0.717) is 5.56 Å². The highest BCUT2D eigenvalue weighted by Crippen LogP contribution is 2.32. The number of aromatic hydroxyl groups is 1. The summed E-state index contributed by atoms with van der Waals surface area (Å²) in [6, 6.07) is 7.84. The van der Waals surface area contributed by atoms with Gasteiger partial charge in [-0.25, -0.2) is 9.18 Å². The number of hydrogen-bond acceptors (Lipinski definition) is 3. The zero-order valence-electron chi connectivity index (χ0n) is 10.1. The van der Waals surface area contributed by atoms with Crippen LogP contribution < -0.4 is 4.74 Å². The minimum absolute atomic E-state index is 0.0216. The van der Waals surface area contributed by atoms with E-state index < -0.39 is 11.8 Å². The fourth-order valence-electron chi connectivity index (χ4n) is 1.74. The molecule has 0 saturated heterocycles. The highest BCUT2D eigenvalue weighted by molar-refractivity contribution is 5.89.